The van der Waals surface area contributed by atoms with E-state index in [1.54, 1.807) is 0 Å². The summed E-state index contributed by atoms with van der Waals surface area (Å²) in [5.41, 5.74) is -0.586. The minimum Gasteiger partial charge on any atom is -0.481 e. The predicted molar refractivity (Wildman–Crippen MR) is 72.6 cm³/mol. The first-order valence-corrected chi connectivity index (χ1v) is 6.47. The van der Waals surface area contributed by atoms with Crippen LogP contribution in [0, 0.1) is 11.8 Å². The summed E-state index contributed by atoms with van der Waals surface area (Å²) in [6, 6.07) is 0. The zero-order valence-electron chi connectivity index (χ0n) is 12.1. The molecule has 1 aromatic rings. The molecule has 0 aliphatic heterocycles. The quantitative estimate of drug-likeness (QED) is 0.749. The van der Waals surface area contributed by atoms with Crippen LogP contribution in [0.5, 0.6) is 0 Å². The van der Waals surface area contributed by atoms with Crippen molar-refractivity contribution in [2.24, 2.45) is 25.9 Å². The number of rotatable bonds is 4. The fourth-order valence-electron chi connectivity index (χ4n) is 2.35. The van der Waals surface area contributed by atoms with Gasteiger partial charge in [-0.05, 0) is 6.42 Å². The van der Waals surface area contributed by atoms with Crippen LogP contribution in [0.4, 0.5) is 0 Å². The van der Waals surface area contributed by atoms with Crippen molar-refractivity contribution in [3.8, 4) is 0 Å². The van der Waals surface area contributed by atoms with E-state index in [0.29, 0.717) is 12.0 Å². The highest BCUT2D eigenvalue weighted by Gasteiger charge is 2.49. The number of hydrogen-bond acceptors (Lipinski definition) is 4. The van der Waals surface area contributed by atoms with E-state index in [9.17, 15) is 19.2 Å². The fourth-order valence-corrected chi connectivity index (χ4v) is 2.35. The highest BCUT2D eigenvalue weighted by atomic mass is 16.4. The number of carboxylic acid groups (broad SMARTS) is 1. The van der Waals surface area contributed by atoms with E-state index in [4.69, 9.17) is 5.11 Å². The normalized spacial score (nSPS) is 20.1. The molecular weight excluding hydrogens is 278 g/mol. The molecule has 1 aliphatic rings. The summed E-state index contributed by atoms with van der Waals surface area (Å²) in [5, 5.41) is 8.83. The van der Waals surface area contributed by atoms with Crippen LogP contribution in [0.1, 0.15) is 12.0 Å². The van der Waals surface area contributed by atoms with Crippen LogP contribution in [0.3, 0.4) is 0 Å². The first-order valence-electron chi connectivity index (χ1n) is 6.47. The molecule has 2 rings (SSSR count). The second kappa shape index (κ2) is 5.19. The van der Waals surface area contributed by atoms with Crippen LogP contribution < -0.4 is 11.2 Å². The lowest BCUT2D eigenvalue weighted by Gasteiger charge is -2.17. The number of aliphatic carboxylic acids is 1. The van der Waals surface area contributed by atoms with Crippen LogP contribution in [0.25, 0.3) is 0 Å². The standard InChI is InChI=1S/C13H17N3O5/c1-14(11(18)8-4-9(8)12(19)20)5-7-6-15(2)13(21)16(3)10(7)17/h6,8-9H,4-5H2,1-3H3,(H,19,20)/t8-,9+/m1/s1. The summed E-state index contributed by atoms with van der Waals surface area (Å²) < 4.78 is 2.25. The summed E-state index contributed by atoms with van der Waals surface area (Å²) in [6.07, 6.45) is 1.74. The number of carbonyl (C=O) groups is 2. The second-order valence-corrected chi connectivity index (χ2v) is 5.39. The molecule has 0 aromatic carbocycles. The maximum absolute atomic E-state index is 12.1. The van der Waals surface area contributed by atoms with Gasteiger partial charge in [0.1, 0.15) is 0 Å². The third-order valence-corrected chi connectivity index (χ3v) is 3.73. The molecular formula is C13H17N3O5. The lowest BCUT2D eigenvalue weighted by molar-refractivity contribution is -0.141. The van der Waals surface area contributed by atoms with Gasteiger partial charge in [-0.3, -0.25) is 19.0 Å². The molecule has 0 spiro atoms. The minimum absolute atomic E-state index is 0.0441. The Labute approximate surface area is 120 Å². The van der Waals surface area contributed by atoms with E-state index in [1.165, 1.54) is 36.8 Å². The zero-order valence-corrected chi connectivity index (χ0v) is 12.1. The molecule has 1 saturated carbocycles. The Morgan fingerprint density at radius 2 is 1.95 bits per heavy atom. The van der Waals surface area contributed by atoms with E-state index >= 15 is 0 Å². The summed E-state index contributed by atoms with van der Waals surface area (Å²) >= 11 is 0. The number of carboxylic acids is 1. The largest absolute Gasteiger partial charge is 0.481 e. The number of amides is 1. The molecule has 0 saturated heterocycles. The Bertz CT molecular complexity index is 717. The van der Waals surface area contributed by atoms with Gasteiger partial charge in [0, 0.05) is 27.3 Å². The molecule has 8 heteroatoms. The zero-order chi connectivity index (χ0) is 15.9. The molecule has 114 valence electrons. The van der Waals surface area contributed by atoms with Crippen molar-refractivity contribution in [1.82, 2.24) is 14.0 Å². The molecule has 0 bridgehead atoms. The van der Waals surface area contributed by atoms with E-state index in [0.717, 1.165) is 4.57 Å². The monoisotopic (exact) mass is 295 g/mol. The molecule has 1 amide bonds. The lowest BCUT2D eigenvalue weighted by Crippen LogP contribution is -2.40. The van der Waals surface area contributed by atoms with Crippen molar-refractivity contribution in [3.05, 3.63) is 32.6 Å². The van der Waals surface area contributed by atoms with Crippen LogP contribution in [-0.2, 0) is 30.2 Å². The first-order chi connectivity index (χ1) is 9.73. The molecule has 8 nitrogen and oxygen atoms in total. The Hall–Kier alpha value is -2.38. The Kier molecular flexibility index (Phi) is 3.71. The van der Waals surface area contributed by atoms with Gasteiger partial charge < -0.3 is 14.6 Å². The van der Waals surface area contributed by atoms with Gasteiger partial charge in [-0.1, -0.05) is 0 Å². The van der Waals surface area contributed by atoms with Gasteiger partial charge in [0.25, 0.3) is 5.56 Å². The smallest absolute Gasteiger partial charge is 0.330 e. The molecule has 1 N–H and O–H groups in total. The van der Waals surface area contributed by atoms with Gasteiger partial charge in [0.2, 0.25) is 5.91 Å². The third kappa shape index (κ3) is 2.74. The Balaban J connectivity index is 2.16. The molecule has 1 fully saturated rings. The van der Waals surface area contributed by atoms with Crippen molar-refractivity contribution in [2.45, 2.75) is 13.0 Å². The molecule has 1 aliphatic carbocycles. The van der Waals surface area contributed by atoms with E-state index in [-0.39, 0.29) is 12.5 Å². The number of carbonyl (C=O) groups excluding carboxylic acids is 1. The number of nitrogens with zero attached hydrogens (tertiary/aromatic N) is 3. The van der Waals surface area contributed by atoms with Gasteiger partial charge in [0.15, 0.2) is 0 Å². The van der Waals surface area contributed by atoms with Crippen molar-refractivity contribution in [1.29, 1.82) is 0 Å². The van der Waals surface area contributed by atoms with Crippen LogP contribution in [0.2, 0.25) is 0 Å². The fraction of sp³-hybridized carbons (Fsp3) is 0.538. The minimum atomic E-state index is -0.972. The molecule has 2 atom stereocenters. The molecule has 21 heavy (non-hydrogen) atoms. The maximum atomic E-state index is 12.1. The van der Waals surface area contributed by atoms with Crippen molar-refractivity contribution in [2.75, 3.05) is 7.05 Å². The topological polar surface area (TPSA) is 102 Å². The van der Waals surface area contributed by atoms with Gasteiger partial charge in [-0.25, -0.2) is 4.79 Å². The van der Waals surface area contributed by atoms with Gasteiger partial charge >= 0.3 is 11.7 Å². The molecule has 1 aromatic heterocycles. The van der Waals surface area contributed by atoms with E-state index in [2.05, 4.69) is 0 Å². The van der Waals surface area contributed by atoms with Gasteiger partial charge in [-0.15, -0.1) is 0 Å². The number of aromatic nitrogens is 2. The number of aryl methyl sites for hydroxylation is 1. The van der Waals surface area contributed by atoms with Crippen LogP contribution in [0.15, 0.2) is 15.8 Å². The van der Waals surface area contributed by atoms with E-state index in [1.807, 2.05) is 0 Å². The van der Waals surface area contributed by atoms with Gasteiger partial charge in [-0.2, -0.15) is 0 Å². The SMILES string of the molecule is CN(Cc1cn(C)c(=O)n(C)c1=O)C(=O)[C@@H]1C[C@@H]1C(=O)O. The number of hydrogen-bond donors (Lipinski definition) is 1. The van der Waals surface area contributed by atoms with Crippen LogP contribution >= 0.6 is 0 Å². The third-order valence-electron chi connectivity index (χ3n) is 3.73. The average Bonchev–Trinajstić information content (AvgIpc) is 3.22. The first kappa shape index (κ1) is 15.0. The van der Waals surface area contributed by atoms with Gasteiger partial charge in [0.05, 0.1) is 23.9 Å². The summed E-state index contributed by atoms with van der Waals surface area (Å²) in [5.74, 6) is -2.40. The maximum Gasteiger partial charge on any atom is 0.330 e. The predicted octanol–water partition coefficient (Wildman–Crippen LogP) is -1.24. The highest BCUT2D eigenvalue weighted by Crippen LogP contribution is 2.39. The molecule has 0 unspecified atom stereocenters. The summed E-state index contributed by atoms with van der Waals surface area (Å²) in [7, 11) is 4.41. The van der Waals surface area contributed by atoms with Crippen molar-refractivity contribution >= 4 is 11.9 Å². The van der Waals surface area contributed by atoms with Crippen molar-refractivity contribution < 1.29 is 14.7 Å². The second-order valence-electron chi connectivity index (χ2n) is 5.39. The Morgan fingerprint density at radius 1 is 1.33 bits per heavy atom. The summed E-state index contributed by atoms with van der Waals surface area (Å²) in [6.45, 7) is 0.0441. The molecule has 0 radical (unpaired) electrons. The summed E-state index contributed by atoms with van der Waals surface area (Å²) in [4.78, 5) is 47.7. The van der Waals surface area contributed by atoms with E-state index < -0.39 is 29.1 Å². The Morgan fingerprint density at radius 3 is 2.48 bits per heavy atom. The highest BCUT2D eigenvalue weighted by molar-refractivity contribution is 5.89. The van der Waals surface area contributed by atoms with Crippen molar-refractivity contribution in [3.63, 3.8) is 0 Å². The lowest BCUT2D eigenvalue weighted by atomic mass is 10.2. The average molecular weight is 295 g/mol. The molecule has 1 heterocycles. The van der Waals surface area contributed by atoms with Crippen LogP contribution in [-0.4, -0.2) is 38.1 Å².